The number of rotatable bonds is 8. The van der Waals surface area contributed by atoms with Crippen LogP contribution in [0.1, 0.15) is 38.7 Å². The number of aliphatic imine (C=N–C) groups is 1. The van der Waals surface area contributed by atoms with Crippen LogP contribution in [0.5, 0.6) is 0 Å². The number of carbonyl (C=O) groups is 1. The molecule has 0 atom stereocenters. The summed E-state index contributed by atoms with van der Waals surface area (Å²) in [6, 6.07) is 4.45. The van der Waals surface area contributed by atoms with Gasteiger partial charge in [-0.2, -0.15) is 0 Å². The summed E-state index contributed by atoms with van der Waals surface area (Å²) in [5.74, 6) is 0.131. The lowest BCUT2D eigenvalue weighted by Crippen LogP contribution is -2.43. The van der Waals surface area contributed by atoms with Crippen molar-refractivity contribution in [2.24, 2.45) is 4.99 Å². The van der Waals surface area contributed by atoms with Gasteiger partial charge in [-0.1, -0.05) is 31.5 Å². The zero-order valence-corrected chi connectivity index (χ0v) is 18.8. The molecule has 1 rings (SSSR count). The van der Waals surface area contributed by atoms with E-state index in [1.807, 2.05) is 13.8 Å². The van der Waals surface area contributed by atoms with Crippen molar-refractivity contribution >= 4 is 47.5 Å². The molecule has 0 heterocycles. The number of carbonyl (C=O) groups excluding carboxylic acids is 1. The van der Waals surface area contributed by atoms with Crippen molar-refractivity contribution in [2.75, 3.05) is 27.2 Å². The first-order valence-corrected chi connectivity index (χ1v) is 8.65. The fraction of sp³-hybridized carbons (Fsp3) is 0.556. The molecule has 2 N–H and O–H groups in total. The fourth-order valence-corrected chi connectivity index (χ4v) is 2.79. The van der Waals surface area contributed by atoms with Crippen molar-refractivity contribution in [1.82, 2.24) is 10.6 Å². The van der Waals surface area contributed by atoms with E-state index in [-0.39, 0.29) is 41.2 Å². The lowest BCUT2D eigenvalue weighted by Gasteiger charge is -2.27. The molecule has 1 aromatic carbocycles. The Morgan fingerprint density at radius 1 is 1.31 bits per heavy atom. The average Bonchev–Trinajstić information content (AvgIpc) is 2.56. The third-order valence-electron chi connectivity index (χ3n) is 3.91. The van der Waals surface area contributed by atoms with Gasteiger partial charge >= 0.3 is 5.97 Å². The molecule has 5 nitrogen and oxygen atoms in total. The molecular formula is C18H28ClFIN3O2. The highest BCUT2D eigenvalue weighted by Crippen LogP contribution is 2.29. The lowest BCUT2D eigenvalue weighted by atomic mass is 9.84. The van der Waals surface area contributed by atoms with Gasteiger partial charge in [-0.25, -0.2) is 4.39 Å². The highest BCUT2D eigenvalue weighted by molar-refractivity contribution is 14.0. The number of nitrogens with one attached hydrogen (secondary N) is 2. The van der Waals surface area contributed by atoms with Crippen molar-refractivity contribution < 1.29 is 13.9 Å². The topological polar surface area (TPSA) is 62.7 Å². The molecule has 0 radical (unpaired) electrons. The smallest absolute Gasteiger partial charge is 0.305 e. The molecule has 0 aliphatic rings. The number of benzene rings is 1. The predicted molar refractivity (Wildman–Crippen MR) is 115 cm³/mol. The molecule has 8 heteroatoms. The van der Waals surface area contributed by atoms with Crippen molar-refractivity contribution in [3.8, 4) is 0 Å². The summed E-state index contributed by atoms with van der Waals surface area (Å²) in [6.07, 6.45) is 2.01. The Morgan fingerprint density at radius 2 is 2.00 bits per heavy atom. The molecular weight excluding hydrogens is 472 g/mol. The van der Waals surface area contributed by atoms with Gasteiger partial charge in [-0.15, -0.1) is 24.0 Å². The van der Waals surface area contributed by atoms with Crippen molar-refractivity contribution in [2.45, 2.75) is 38.5 Å². The maximum Gasteiger partial charge on any atom is 0.305 e. The quantitative estimate of drug-likeness (QED) is 0.187. The number of halogens is 3. The molecule has 0 aliphatic carbocycles. The maximum absolute atomic E-state index is 13.2. The lowest BCUT2D eigenvalue weighted by molar-refractivity contribution is -0.140. The molecule has 26 heavy (non-hydrogen) atoms. The number of guanidine groups is 1. The van der Waals surface area contributed by atoms with Crippen LogP contribution in [0.4, 0.5) is 4.39 Å². The Balaban J connectivity index is 0.00000625. The van der Waals surface area contributed by atoms with Gasteiger partial charge in [0, 0.05) is 37.0 Å². The van der Waals surface area contributed by atoms with Gasteiger partial charge in [0.15, 0.2) is 5.96 Å². The predicted octanol–water partition coefficient (Wildman–Crippen LogP) is 3.88. The Morgan fingerprint density at radius 3 is 2.58 bits per heavy atom. The van der Waals surface area contributed by atoms with Crippen molar-refractivity contribution in [3.05, 3.63) is 34.6 Å². The number of hydrogen-bond acceptors (Lipinski definition) is 3. The minimum atomic E-state index is -0.345. The average molecular weight is 500 g/mol. The van der Waals surface area contributed by atoms with E-state index in [2.05, 4.69) is 20.4 Å². The number of hydrogen-bond donors (Lipinski definition) is 2. The Kier molecular flexibility index (Phi) is 11.8. The number of nitrogens with zero attached hydrogens (tertiary/aromatic N) is 1. The minimum absolute atomic E-state index is 0. The standard InChI is InChI=1S/C18H27ClFN3O2.HI/c1-18(2,14-9-8-13(20)11-15(14)19)12-23-17(21-3)22-10-6-5-7-16(24)25-4;/h8-9,11H,5-7,10,12H2,1-4H3,(H2,21,22,23);1H. The number of unbranched alkanes of at least 4 members (excludes halogenated alkanes) is 1. The number of esters is 1. The van der Waals surface area contributed by atoms with E-state index >= 15 is 0 Å². The highest BCUT2D eigenvalue weighted by atomic mass is 127. The van der Waals surface area contributed by atoms with Gasteiger partial charge in [0.2, 0.25) is 0 Å². The van der Waals surface area contributed by atoms with Crippen LogP contribution in [0.3, 0.4) is 0 Å². The SMILES string of the molecule is CN=C(NCCCCC(=O)OC)NCC(C)(C)c1ccc(F)cc1Cl.I. The van der Waals surface area contributed by atoms with E-state index in [1.54, 1.807) is 13.1 Å². The molecule has 0 bridgehead atoms. The molecule has 0 saturated carbocycles. The molecule has 0 unspecified atom stereocenters. The van der Waals surface area contributed by atoms with Crippen LogP contribution in [0.2, 0.25) is 5.02 Å². The van der Waals surface area contributed by atoms with Crippen molar-refractivity contribution in [1.29, 1.82) is 0 Å². The van der Waals surface area contributed by atoms with Gasteiger partial charge in [0.25, 0.3) is 0 Å². The Hall–Kier alpha value is -1.09. The van der Waals surface area contributed by atoms with Crippen molar-refractivity contribution in [3.63, 3.8) is 0 Å². The molecule has 0 aliphatic heterocycles. The van der Waals surface area contributed by atoms with Crippen LogP contribution < -0.4 is 10.6 Å². The summed E-state index contributed by atoms with van der Waals surface area (Å²) in [5, 5.41) is 6.87. The molecule has 0 amide bonds. The second kappa shape index (κ2) is 12.3. The van der Waals surface area contributed by atoms with E-state index in [4.69, 9.17) is 11.6 Å². The second-order valence-electron chi connectivity index (χ2n) is 6.39. The summed E-state index contributed by atoms with van der Waals surface area (Å²) < 4.78 is 17.8. The molecule has 0 spiro atoms. The van der Waals surface area contributed by atoms with Gasteiger partial charge in [0.1, 0.15) is 5.82 Å². The van der Waals surface area contributed by atoms with E-state index in [0.717, 1.165) is 18.4 Å². The molecule has 148 valence electrons. The summed E-state index contributed by atoms with van der Waals surface area (Å²) in [6.45, 7) is 5.35. The zero-order chi connectivity index (χ0) is 18.9. The normalized spacial score (nSPS) is 11.5. The van der Waals surface area contributed by atoms with Crippen LogP contribution >= 0.6 is 35.6 Å². The van der Waals surface area contributed by atoms with Crippen LogP contribution in [0.15, 0.2) is 23.2 Å². The van der Waals surface area contributed by atoms with E-state index < -0.39 is 0 Å². The number of ether oxygens (including phenoxy) is 1. The van der Waals surface area contributed by atoms with Crippen LogP contribution in [0.25, 0.3) is 0 Å². The van der Waals surface area contributed by atoms with E-state index in [9.17, 15) is 9.18 Å². The summed E-state index contributed by atoms with van der Waals surface area (Å²) in [4.78, 5) is 15.2. The Labute approximate surface area is 177 Å². The minimum Gasteiger partial charge on any atom is -0.469 e. The highest BCUT2D eigenvalue weighted by Gasteiger charge is 2.24. The zero-order valence-electron chi connectivity index (χ0n) is 15.7. The molecule has 0 fully saturated rings. The monoisotopic (exact) mass is 499 g/mol. The van der Waals surface area contributed by atoms with Gasteiger partial charge < -0.3 is 15.4 Å². The van der Waals surface area contributed by atoms with Crippen LogP contribution in [-0.4, -0.2) is 39.2 Å². The van der Waals surface area contributed by atoms with E-state index in [0.29, 0.717) is 30.5 Å². The largest absolute Gasteiger partial charge is 0.469 e. The number of methoxy groups -OCH3 is 1. The van der Waals surface area contributed by atoms with E-state index in [1.165, 1.54) is 19.2 Å². The third-order valence-corrected chi connectivity index (χ3v) is 4.22. The summed E-state index contributed by atoms with van der Waals surface area (Å²) in [7, 11) is 3.09. The van der Waals surface area contributed by atoms with Gasteiger partial charge in [0.05, 0.1) is 7.11 Å². The fourth-order valence-electron chi connectivity index (χ4n) is 2.36. The van der Waals surface area contributed by atoms with Gasteiger partial charge in [-0.3, -0.25) is 9.79 Å². The first-order valence-electron chi connectivity index (χ1n) is 8.27. The maximum atomic E-state index is 13.2. The van der Waals surface area contributed by atoms with Crippen LogP contribution in [0, 0.1) is 5.82 Å². The summed E-state index contributed by atoms with van der Waals surface area (Å²) in [5.41, 5.74) is 0.574. The third kappa shape index (κ3) is 8.53. The molecule has 0 saturated heterocycles. The Bertz CT molecular complexity index is 612. The van der Waals surface area contributed by atoms with Gasteiger partial charge in [-0.05, 0) is 30.5 Å². The first kappa shape index (κ1) is 24.9. The summed E-state index contributed by atoms with van der Waals surface area (Å²) >= 11 is 6.17. The second-order valence-corrected chi connectivity index (χ2v) is 6.80. The first-order chi connectivity index (χ1) is 11.8. The van der Waals surface area contributed by atoms with Crippen LogP contribution in [-0.2, 0) is 14.9 Å². The molecule has 0 aromatic heterocycles. The molecule has 1 aromatic rings.